The Morgan fingerprint density at radius 3 is 2.44 bits per heavy atom. The van der Waals surface area contributed by atoms with Gasteiger partial charge in [-0.05, 0) is 38.1 Å². The molecule has 1 aromatic heterocycles. The Morgan fingerprint density at radius 2 is 1.89 bits per heavy atom. The van der Waals surface area contributed by atoms with E-state index in [1.54, 1.807) is 17.5 Å². The Bertz CT molecular complexity index is 575. The highest BCUT2D eigenvalue weighted by molar-refractivity contribution is 7.13. The van der Waals surface area contributed by atoms with Crippen molar-refractivity contribution in [2.75, 3.05) is 0 Å². The molecule has 18 heavy (non-hydrogen) atoms. The van der Waals surface area contributed by atoms with E-state index in [1.165, 1.54) is 37.3 Å². The number of carbonyl (C=O) groups is 1. The highest BCUT2D eigenvalue weighted by Gasteiger charge is 2.32. The van der Waals surface area contributed by atoms with Gasteiger partial charge < -0.3 is 0 Å². The summed E-state index contributed by atoms with van der Waals surface area (Å²) in [4.78, 5) is 15.1. The lowest BCUT2D eigenvalue weighted by Crippen LogP contribution is -2.25. The number of benzene rings is 1. The van der Waals surface area contributed by atoms with E-state index in [1.807, 2.05) is 0 Å². The van der Waals surface area contributed by atoms with Gasteiger partial charge in [-0.1, -0.05) is 0 Å². The quantitative estimate of drug-likeness (QED) is 0.793. The predicted molar refractivity (Wildman–Crippen MR) is 66.6 cm³/mol. The van der Waals surface area contributed by atoms with Crippen LogP contribution in [0.4, 0.5) is 8.78 Å². The van der Waals surface area contributed by atoms with Gasteiger partial charge >= 0.3 is 6.04 Å². The van der Waals surface area contributed by atoms with Crippen LogP contribution in [0.5, 0.6) is 0 Å². The van der Waals surface area contributed by atoms with Crippen LogP contribution in [0.1, 0.15) is 19.5 Å². The first-order valence-electron chi connectivity index (χ1n) is 5.33. The largest absolute Gasteiger partial charge is 0.313 e. The number of carbonyl (C=O) groups excluding carboxylic acids is 1. The molecule has 94 valence electrons. The van der Waals surface area contributed by atoms with Crippen molar-refractivity contribution in [3.05, 3.63) is 41.2 Å². The second kappa shape index (κ2) is 4.57. The van der Waals surface area contributed by atoms with E-state index in [4.69, 9.17) is 0 Å². The van der Waals surface area contributed by atoms with E-state index in [2.05, 4.69) is 4.98 Å². The standard InChI is InChI=1S/C13H11F2NOS/c1-13(2,12(15)17)10-7-18-11(16-10)8-3-5-9(14)6-4-8/h3-7H,1-2H3. The van der Waals surface area contributed by atoms with Crippen LogP contribution in [0, 0.1) is 5.82 Å². The molecule has 2 nitrogen and oxygen atoms in total. The van der Waals surface area contributed by atoms with Crippen molar-refractivity contribution in [2.45, 2.75) is 19.3 Å². The summed E-state index contributed by atoms with van der Waals surface area (Å²) in [5, 5.41) is 2.29. The van der Waals surface area contributed by atoms with Crippen molar-refractivity contribution in [2.24, 2.45) is 0 Å². The predicted octanol–water partition coefficient (Wildman–Crippen LogP) is 3.72. The van der Waals surface area contributed by atoms with Gasteiger partial charge in [-0.25, -0.2) is 9.37 Å². The minimum absolute atomic E-state index is 0.324. The van der Waals surface area contributed by atoms with Crippen LogP contribution in [0.2, 0.25) is 0 Å². The fourth-order valence-corrected chi connectivity index (χ4v) is 2.38. The van der Waals surface area contributed by atoms with Gasteiger partial charge in [0.15, 0.2) is 0 Å². The van der Waals surface area contributed by atoms with Crippen LogP contribution in [0.3, 0.4) is 0 Å². The van der Waals surface area contributed by atoms with Gasteiger partial charge in [0.25, 0.3) is 0 Å². The first-order chi connectivity index (χ1) is 8.41. The second-order valence-electron chi connectivity index (χ2n) is 4.44. The molecular formula is C13H11F2NOS. The smallest absolute Gasteiger partial charge is 0.260 e. The van der Waals surface area contributed by atoms with Gasteiger partial charge in [0.05, 0.1) is 11.1 Å². The third kappa shape index (κ3) is 2.31. The number of halogens is 2. The van der Waals surface area contributed by atoms with Crippen molar-refractivity contribution in [1.29, 1.82) is 0 Å². The van der Waals surface area contributed by atoms with E-state index in [0.29, 0.717) is 10.7 Å². The number of rotatable bonds is 3. The molecule has 5 heteroatoms. The van der Waals surface area contributed by atoms with Gasteiger partial charge in [0.2, 0.25) is 0 Å². The molecule has 0 saturated heterocycles. The van der Waals surface area contributed by atoms with E-state index >= 15 is 0 Å². The average Bonchev–Trinajstić information content (AvgIpc) is 2.79. The maximum Gasteiger partial charge on any atom is 0.313 e. The fraction of sp³-hybridized carbons (Fsp3) is 0.231. The SMILES string of the molecule is CC(C)(C(=O)F)c1csc(-c2ccc(F)cc2)n1. The zero-order chi connectivity index (χ0) is 13.3. The van der Waals surface area contributed by atoms with E-state index in [-0.39, 0.29) is 5.82 Å². The topological polar surface area (TPSA) is 30.0 Å². The lowest BCUT2D eigenvalue weighted by atomic mass is 9.91. The summed E-state index contributed by atoms with van der Waals surface area (Å²) in [6, 6.07) is 4.45. The van der Waals surface area contributed by atoms with Crippen LogP contribution >= 0.6 is 11.3 Å². The average molecular weight is 267 g/mol. The molecule has 0 N–H and O–H groups in total. The van der Waals surface area contributed by atoms with Crippen molar-refractivity contribution >= 4 is 17.4 Å². The number of aromatic nitrogens is 1. The first kappa shape index (κ1) is 12.8. The molecule has 2 rings (SSSR count). The summed E-state index contributed by atoms with van der Waals surface area (Å²) in [5.41, 5.74) is -0.108. The summed E-state index contributed by atoms with van der Waals surface area (Å²) >= 11 is 1.30. The van der Waals surface area contributed by atoms with Gasteiger partial charge in [0, 0.05) is 10.9 Å². The molecule has 0 saturated carbocycles. The summed E-state index contributed by atoms with van der Waals surface area (Å²) in [5.74, 6) is -0.324. The molecular weight excluding hydrogens is 256 g/mol. The maximum absolute atomic E-state index is 12.9. The molecule has 0 aliphatic heterocycles. The van der Waals surface area contributed by atoms with Crippen LogP contribution in [0.15, 0.2) is 29.6 Å². The Hall–Kier alpha value is -1.62. The van der Waals surface area contributed by atoms with Gasteiger partial charge in [-0.3, -0.25) is 4.79 Å². The molecule has 0 radical (unpaired) electrons. The molecule has 1 heterocycles. The molecule has 0 aliphatic rings. The molecule has 2 aromatic rings. The second-order valence-corrected chi connectivity index (χ2v) is 5.30. The van der Waals surface area contributed by atoms with Crippen molar-refractivity contribution in [3.63, 3.8) is 0 Å². The molecule has 0 atom stereocenters. The Balaban J connectivity index is 2.37. The van der Waals surface area contributed by atoms with Crippen LogP contribution in [-0.4, -0.2) is 11.0 Å². The normalized spacial score (nSPS) is 11.6. The summed E-state index contributed by atoms with van der Waals surface area (Å²) in [6.45, 7) is 2.97. The molecule has 0 aliphatic carbocycles. The van der Waals surface area contributed by atoms with Crippen LogP contribution in [-0.2, 0) is 10.2 Å². The van der Waals surface area contributed by atoms with Crippen LogP contribution < -0.4 is 0 Å². The number of nitrogens with zero attached hydrogens (tertiary/aromatic N) is 1. The third-order valence-corrected chi connectivity index (χ3v) is 3.62. The van der Waals surface area contributed by atoms with Crippen molar-refractivity contribution in [3.8, 4) is 10.6 Å². The van der Waals surface area contributed by atoms with Crippen LogP contribution in [0.25, 0.3) is 10.6 Å². The number of hydrogen-bond donors (Lipinski definition) is 0. The molecule has 1 aromatic carbocycles. The Kier molecular flexibility index (Phi) is 3.26. The minimum Gasteiger partial charge on any atom is -0.260 e. The molecule has 0 unspecified atom stereocenters. The monoisotopic (exact) mass is 267 g/mol. The Morgan fingerprint density at radius 1 is 1.28 bits per heavy atom. The molecule has 0 bridgehead atoms. The fourth-order valence-electron chi connectivity index (χ4n) is 1.39. The van der Waals surface area contributed by atoms with Gasteiger partial charge in [-0.2, -0.15) is 4.39 Å². The van der Waals surface area contributed by atoms with Crippen molar-refractivity contribution in [1.82, 2.24) is 4.98 Å². The zero-order valence-corrected chi connectivity index (χ0v) is 10.7. The Labute approximate surface area is 107 Å². The molecule has 0 amide bonds. The lowest BCUT2D eigenvalue weighted by molar-refractivity contribution is -0.134. The van der Waals surface area contributed by atoms with E-state index in [9.17, 15) is 13.6 Å². The minimum atomic E-state index is -1.42. The van der Waals surface area contributed by atoms with Gasteiger partial charge in [0.1, 0.15) is 10.8 Å². The van der Waals surface area contributed by atoms with Gasteiger partial charge in [-0.15, -0.1) is 11.3 Å². The first-order valence-corrected chi connectivity index (χ1v) is 6.21. The zero-order valence-electron chi connectivity index (χ0n) is 9.91. The molecule has 0 fully saturated rings. The maximum atomic E-state index is 12.9. The number of thiazole rings is 1. The summed E-state index contributed by atoms with van der Waals surface area (Å²) in [6.07, 6.45) is 0. The summed E-state index contributed by atoms with van der Waals surface area (Å²) < 4.78 is 25.7. The van der Waals surface area contributed by atoms with Crippen molar-refractivity contribution < 1.29 is 13.6 Å². The highest BCUT2D eigenvalue weighted by atomic mass is 32.1. The molecule has 0 spiro atoms. The van der Waals surface area contributed by atoms with E-state index < -0.39 is 11.5 Å². The van der Waals surface area contributed by atoms with E-state index in [0.717, 1.165) is 5.56 Å². The number of hydrogen-bond acceptors (Lipinski definition) is 3. The lowest BCUT2D eigenvalue weighted by Gasteiger charge is -2.14. The highest BCUT2D eigenvalue weighted by Crippen LogP contribution is 2.30. The summed E-state index contributed by atoms with van der Waals surface area (Å²) in [7, 11) is 0. The third-order valence-electron chi connectivity index (χ3n) is 2.73.